The summed E-state index contributed by atoms with van der Waals surface area (Å²) >= 11 is 6.39. The molecule has 0 spiro atoms. The lowest BCUT2D eigenvalue weighted by Gasteiger charge is -2.16. The largest absolute Gasteiger partial charge is 0.336 e. The van der Waals surface area contributed by atoms with Crippen LogP contribution in [0.4, 0.5) is 0 Å². The Labute approximate surface area is 179 Å². The third-order valence-electron chi connectivity index (χ3n) is 4.78. The molecule has 1 atom stereocenters. The van der Waals surface area contributed by atoms with E-state index in [-0.39, 0.29) is 17.9 Å². The quantitative estimate of drug-likeness (QED) is 0.380. The average molecular weight is 426 g/mol. The van der Waals surface area contributed by atoms with Gasteiger partial charge in [-0.2, -0.15) is 0 Å². The lowest BCUT2D eigenvalue weighted by molar-refractivity contribution is -0.120. The minimum atomic E-state index is -0.729. The van der Waals surface area contributed by atoms with Crippen molar-refractivity contribution in [3.05, 3.63) is 99.2 Å². The minimum Gasteiger partial charge on any atom is -0.336 e. The van der Waals surface area contributed by atoms with Crippen LogP contribution < -0.4 is 22.0 Å². The van der Waals surface area contributed by atoms with Gasteiger partial charge in [0.25, 0.3) is 5.56 Å². The summed E-state index contributed by atoms with van der Waals surface area (Å²) in [5, 5.41) is 2.75. The summed E-state index contributed by atoms with van der Waals surface area (Å²) in [6.45, 7) is 2.56. The Balaban J connectivity index is 1.71. The number of benzene rings is 1. The van der Waals surface area contributed by atoms with E-state index in [0.29, 0.717) is 18.7 Å². The number of rotatable bonds is 8. The van der Waals surface area contributed by atoms with Crippen LogP contribution in [0.5, 0.6) is 0 Å². The number of aryl methyl sites for hydroxylation is 1. The van der Waals surface area contributed by atoms with E-state index in [1.54, 1.807) is 31.6 Å². The molecule has 0 saturated carbocycles. The SMILES string of the molecule is Cc1ccn(NCc2cccnc2)c(=O)c1CC(=O)N[C@@H](Cl)c1ccccc1CN. The van der Waals surface area contributed by atoms with Gasteiger partial charge in [-0.05, 0) is 41.3 Å². The van der Waals surface area contributed by atoms with Gasteiger partial charge in [-0.25, -0.2) is 4.68 Å². The molecule has 30 heavy (non-hydrogen) atoms. The van der Waals surface area contributed by atoms with Gasteiger partial charge in [0, 0.05) is 30.7 Å². The number of pyridine rings is 2. The maximum Gasteiger partial charge on any atom is 0.272 e. The van der Waals surface area contributed by atoms with Crippen LogP contribution in [-0.4, -0.2) is 15.6 Å². The number of halogens is 1. The van der Waals surface area contributed by atoms with Crippen molar-refractivity contribution in [1.29, 1.82) is 0 Å². The molecule has 3 rings (SSSR count). The van der Waals surface area contributed by atoms with E-state index in [4.69, 9.17) is 17.3 Å². The van der Waals surface area contributed by atoms with Crippen molar-refractivity contribution >= 4 is 17.5 Å². The fourth-order valence-corrected chi connectivity index (χ4v) is 3.42. The molecule has 0 saturated heterocycles. The topological polar surface area (TPSA) is 102 Å². The molecule has 2 heterocycles. The standard InChI is InChI=1S/C22H24ClN5O2/c1-15-8-10-28(26-14-16-5-4-9-25-13-16)22(30)19(15)11-20(29)27-21(23)18-7-3-2-6-17(18)12-24/h2-10,13,21,26H,11-12,14,24H2,1H3,(H,27,29)/t21-/m1/s1. The monoisotopic (exact) mass is 425 g/mol. The van der Waals surface area contributed by atoms with Gasteiger partial charge in [-0.3, -0.25) is 14.6 Å². The first-order chi connectivity index (χ1) is 14.5. The Bertz CT molecular complexity index is 1070. The molecule has 0 bridgehead atoms. The first-order valence-corrected chi connectivity index (χ1v) is 9.98. The number of carbonyl (C=O) groups is 1. The number of hydrogen-bond acceptors (Lipinski definition) is 5. The lowest BCUT2D eigenvalue weighted by Crippen LogP contribution is -2.35. The number of nitrogens with zero attached hydrogens (tertiary/aromatic N) is 2. The summed E-state index contributed by atoms with van der Waals surface area (Å²) in [6.07, 6.45) is 4.99. The molecule has 0 aliphatic rings. The zero-order chi connectivity index (χ0) is 21.5. The van der Waals surface area contributed by atoms with Crippen LogP contribution in [-0.2, 0) is 24.3 Å². The summed E-state index contributed by atoms with van der Waals surface area (Å²) in [7, 11) is 0. The molecule has 1 amide bonds. The normalized spacial score (nSPS) is 11.7. The number of aromatic nitrogens is 2. The Morgan fingerprint density at radius 1 is 1.23 bits per heavy atom. The first-order valence-electron chi connectivity index (χ1n) is 9.55. The molecule has 0 unspecified atom stereocenters. The van der Waals surface area contributed by atoms with Crippen molar-refractivity contribution in [1.82, 2.24) is 15.0 Å². The van der Waals surface area contributed by atoms with Gasteiger partial charge >= 0.3 is 0 Å². The fraction of sp³-hybridized carbons (Fsp3) is 0.227. The van der Waals surface area contributed by atoms with Gasteiger partial charge in [-0.15, -0.1) is 0 Å². The maximum atomic E-state index is 12.9. The second kappa shape index (κ2) is 10.0. The highest BCUT2D eigenvalue weighted by Crippen LogP contribution is 2.21. The zero-order valence-electron chi connectivity index (χ0n) is 16.6. The number of carbonyl (C=O) groups excluding carboxylic acids is 1. The molecule has 1 aromatic carbocycles. The second-order valence-corrected chi connectivity index (χ2v) is 7.29. The molecular formula is C22H24ClN5O2. The summed E-state index contributed by atoms with van der Waals surface area (Å²) in [5.41, 5.74) is 11.5. The number of alkyl halides is 1. The van der Waals surface area contributed by atoms with Crippen LogP contribution in [0, 0.1) is 6.92 Å². The van der Waals surface area contributed by atoms with E-state index in [2.05, 4.69) is 15.7 Å². The highest BCUT2D eigenvalue weighted by atomic mass is 35.5. The summed E-state index contributed by atoms with van der Waals surface area (Å²) in [4.78, 5) is 29.5. The van der Waals surface area contributed by atoms with Crippen molar-refractivity contribution in [3.63, 3.8) is 0 Å². The molecule has 7 nitrogen and oxygen atoms in total. The van der Waals surface area contributed by atoms with Crippen molar-refractivity contribution in [2.24, 2.45) is 5.73 Å². The minimum absolute atomic E-state index is 0.0753. The first kappa shape index (κ1) is 21.5. The Morgan fingerprint density at radius 3 is 2.77 bits per heavy atom. The smallest absolute Gasteiger partial charge is 0.272 e. The van der Waals surface area contributed by atoms with Gasteiger partial charge in [0.1, 0.15) is 5.50 Å². The third kappa shape index (κ3) is 5.25. The van der Waals surface area contributed by atoms with Crippen LogP contribution in [0.1, 0.15) is 33.3 Å². The van der Waals surface area contributed by atoms with Crippen molar-refractivity contribution in [2.45, 2.75) is 31.9 Å². The van der Waals surface area contributed by atoms with Gasteiger partial charge in [0.2, 0.25) is 5.91 Å². The zero-order valence-corrected chi connectivity index (χ0v) is 17.4. The van der Waals surface area contributed by atoms with Gasteiger partial charge in [0.15, 0.2) is 0 Å². The maximum absolute atomic E-state index is 12.9. The molecule has 3 aromatic rings. The van der Waals surface area contributed by atoms with Crippen molar-refractivity contribution in [2.75, 3.05) is 5.43 Å². The van der Waals surface area contributed by atoms with Gasteiger partial charge < -0.3 is 16.5 Å². The predicted octanol–water partition coefficient (Wildman–Crippen LogP) is 2.35. The van der Waals surface area contributed by atoms with Crippen LogP contribution >= 0.6 is 11.6 Å². The molecule has 2 aromatic heterocycles. The van der Waals surface area contributed by atoms with Crippen LogP contribution in [0.2, 0.25) is 0 Å². The fourth-order valence-electron chi connectivity index (χ4n) is 3.09. The lowest BCUT2D eigenvalue weighted by atomic mass is 10.1. The summed E-state index contributed by atoms with van der Waals surface area (Å²) < 4.78 is 1.38. The number of hydrogen-bond donors (Lipinski definition) is 3. The third-order valence-corrected chi connectivity index (χ3v) is 5.12. The van der Waals surface area contributed by atoms with E-state index < -0.39 is 5.50 Å². The van der Waals surface area contributed by atoms with Crippen LogP contribution in [0.15, 0.2) is 65.8 Å². The van der Waals surface area contributed by atoms with E-state index in [0.717, 1.165) is 22.3 Å². The molecule has 0 fully saturated rings. The Hall–Kier alpha value is -3.16. The molecule has 8 heteroatoms. The Morgan fingerprint density at radius 2 is 2.03 bits per heavy atom. The van der Waals surface area contributed by atoms with Crippen LogP contribution in [0.3, 0.4) is 0 Å². The Kier molecular flexibility index (Phi) is 7.21. The van der Waals surface area contributed by atoms with Crippen LogP contribution in [0.25, 0.3) is 0 Å². The average Bonchev–Trinajstić information content (AvgIpc) is 2.76. The molecule has 156 valence electrons. The molecule has 4 N–H and O–H groups in total. The highest BCUT2D eigenvalue weighted by Gasteiger charge is 2.17. The predicted molar refractivity (Wildman–Crippen MR) is 118 cm³/mol. The molecule has 0 aliphatic heterocycles. The van der Waals surface area contributed by atoms with Gasteiger partial charge in [0.05, 0.1) is 13.0 Å². The molecule has 0 aliphatic carbocycles. The van der Waals surface area contributed by atoms with Crippen molar-refractivity contribution in [3.8, 4) is 0 Å². The number of nitrogens with one attached hydrogen (secondary N) is 2. The summed E-state index contributed by atoms with van der Waals surface area (Å²) in [5.74, 6) is -0.341. The molecular weight excluding hydrogens is 402 g/mol. The van der Waals surface area contributed by atoms with E-state index in [9.17, 15) is 9.59 Å². The summed E-state index contributed by atoms with van der Waals surface area (Å²) in [6, 6.07) is 12.9. The van der Waals surface area contributed by atoms with Gasteiger partial charge in [-0.1, -0.05) is 41.9 Å². The van der Waals surface area contributed by atoms with E-state index >= 15 is 0 Å². The molecule has 0 radical (unpaired) electrons. The van der Waals surface area contributed by atoms with E-state index in [1.165, 1.54) is 4.68 Å². The van der Waals surface area contributed by atoms with E-state index in [1.807, 2.05) is 36.4 Å². The number of amides is 1. The number of nitrogens with two attached hydrogens (primary N) is 1. The highest BCUT2D eigenvalue weighted by molar-refractivity contribution is 6.21. The van der Waals surface area contributed by atoms with Crippen molar-refractivity contribution < 1.29 is 4.79 Å². The second-order valence-electron chi connectivity index (χ2n) is 6.86.